The molecule has 0 amide bonds. The number of nitrogens with zero attached hydrogens (tertiary/aromatic N) is 1. The Morgan fingerprint density at radius 2 is 1.85 bits per heavy atom. The molecule has 106 valence electrons. The lowest BCUT2D eigenvalue weighted by Crippen LogP contribution is -1.98. The van der Waals surface area contributed by atoms with Gasteiger partial charge in [0.05, 0.1) is 19.8 Å². The summed E-state index contributed by atoms with van der Waals surface area (Å²) in [5.74, 6) is 0.259. The predicted octanol–water partition coefficient (Wildman–Crippen LogP) is 2.67. The number of carboxylic acid groups (broad SMARTS) is 1. The number of aromatic nitrogens is 1. The normalized spacial score (nSPS) is 10.4. The Bertz CT molecular complexity index is 660. The Morgan fingerprint density at radius 3 is 2.35 bits per heavy atom. The van der Waals surface area contributed by atoms with E-state index in [1.807, 2.05) is 19.9 Å². The lowest BCUT2D eigenvalue weighted by atomic mass is 10.0. The van der Waals surface area contributed by atoms with Crippen molar-refractivity contribution >= 4 is 5.97 Å². The summed E-state index contributed by atoms with van der Waals surface area (Å²) in [4.78, 5) is 10.9. The monoisotopic (exact) mass is 277 g/mol. The SMILES string of the molecule is COc1c(-c2cc(C(=O)O)no2)cc(C)c(C)c1OC. The van der Waals surface area contributed by atoms with Crippen LogP contribution in [0.4, 0.5) is 0 Å². The maximum Gasteiger partial charge on any atom is 0.358 e. The first-order chi connectivity index (χ1) is 9.49. The molecule has 20 heavy (non-hydrogen) atoms. The Hall–Kier alpha value is -2.50. The van der Waals surface area contributed by atoms with Gasteiger partial charge in [0.15, 0.2) is 23.0 Å². The van der Waals surface area contributed by atoms with E-state index in [0.29, 0.717) is 22.8 Å². The van der Waals surface area contributed by atoms with E-state index in [4.69, 9.17) is 19.1 Å². The van der Waals surface area contributed by atoms with Crippen LogP contribution < -0.4 is 9.47 Å². The van der Waals surface area contributed by atoms with Crippen molar-refractivity contribution in [1.82, 2.24) is 5.16 Å². The number of methoxy groups -OCH3 is 2. The molecule has 0 aliphatic carbocycles. The quantitative estimate of drug-likeness (QED) is 0.925. The fourth-order valence-corrected chi connectivity index (χ4v) is 2.00. The van der Waals surface area contributed by atoms with Crippen LogP contribution in [0.15, 0.2) is 16.7 Å². The number of ether oxygens (including phenoxy) is 2. The minimum absolute atomic E-state index is 0.153. The summed E-state index contributed by atoms with van der Waals surface area (Å²) >= 11 is 0. The van der Waals surface area contributed by atoms with E-state index in [2.05, 4.69) is 5.16 Å². The van der Waals surface area contributed by atoms with Gasteiger partial charge in [-0.1, -0.05) is 5.16 Å². The summed E-state index contributed by atoms with van der Waals surface area (Å²) < 4.78 is 15.8. The number of rotatable bonds is 4. The minimum atomic E-state index is -1.14. The molecular weight excluding hydrogens is 262 g/mol. The van der Waals surface area contributed by atoms with Gasteiger partial charge in [-0.05, 0) is 31.0 Å². The predicted molar refractivity (Wildman–Crippen MR) is 71.5 cm³/mol. The average molecular weight is 277 g/mol. The number of hydrogen-bond acceptors (Lipinski definition) is 5. The van der Waals surface area contributed by atoms with Crippen LogP contribution in [0.1, 0.15) is 21.6 Å². The van der Waals surface area contributed by atoms with Crippen molar-refractivity contribution in [2.24, 2.45) is 0 Å². The van der Waals surface area contributed by atoms with Gasteiger partial charge in [0, 0.05) is 6.07 Å². The number of aryl methyl sites for hydroxylation is 1. The Labute approximate surface area is 115 Å². The van der Waals surface area contributed by atoms with Crippen molar-refractivity contribution in [2.45, 2.75) is 13.8 Å². The molecule has 0 atom stereocenters. The third-order valence-corrected chi connectivity index (χ3v) is 3.15. The molecular formula is C14H15NO5. The zero-order valence-corrected chi connectivity index (χ0v) is 11.7. The Balaban J connectivity index is 2.66. The van der Waals surface area contributed by atoms with Crippen LogP contribution >= 0.6 is 0 Å². The second-order valence-corrected chi connectivity index (χ2v) is 4.31. The van der Waals surface area contributed by atoms with E-state index in [-0.39, 0.29) is 5.69 Å². The Kier molecular flexibility index (Phi) is 3.65. The van der Waals surface area contributed by atoms with E-state index in [1.165, 1.54) is 13.2 Å². The van der Waals surface area contributed by atoms with Crippen molar-refractivity contribution < 1.29 is 23.9 Å². The third-order valence-electron chi connectivity index (χ3n) is 3.15. The summed E-state index contributed by atoms with van der Waals surface area (Å²) in [6, 6.07) is 3.21. The van der Waals surface area contributed by atoms with Gasteiger partial charge in [-0.25, -0.2) is 4.79 Å². The lowest BCUT2D eigenvalue weighted by molar-refractivity contribution is 0.0686. The van der Waals surface area contributed by atoms with E-state index < -0.39 is 5.97 Å². The van der Waals surface area contributed by atoms with Gasteiger partial charge >= 0.3 is 5.97 Å². The molecule has 0 saturated carbocycles. The largest absolute Gasteiger partial charge is 0.493 e. The van der Waals surface area contributed by atoms with Crippen molar-refractivity contribution in [3.8, 4) is 22.8 Å². The smallest absolute Gasteiger partial charge is 0.358 e. The molecule has 2 aromatic rings. The van der Waals surface area contributed by atoms with Crippen LogP contribution in [0.3, 0.4) is 0 Å². The van der Waals surface area contributed by atoms with E-state index in [9.17, 15) is 4.79 Å². The summed E-state index contributed by atoms with van der Waals surface area (Å²) in [5, 5.41) is 12.4. The molecule has 6 nitrogen and oxygen atoms in total. The zero-order valence-electron chi connectivity index (χ0n) is 11.7. The molecule has 1 heterocycles. The summed E-state index contributed by atoms with van der Waals surface area (Å²) in [6.07, 6.45) is 0. The topological polar surface area (TPSA) is 81.8 Å². The third kappa shape index (κ3) is 2.20. The molecule has 0 aliphatic rings. The molecule has 0 spiro atoms. The van der Waals surface area contributed by atoms with Gasteiger partial charge in [0.1, 0.15) is 0 Å². The number of benzene rings is 1. The van der Waals surface area contributed by atoms with Gasteiger partial charge in [0.2, 0.25) is 0 Å². The fourth-order valence-electron chi connectivity index (χ4n) is 2.00. The van der Waals surface area contributed by atoms with Crippen LogP contribution in [0.2, 0.25) is 0 Å². The molecule has 0 radical (unpaired) electrons. The van der Waals surface area contributed by atoms with Crippen LogP contribution in [0.25, 0.3) is 11.3 Å². The van der Waals surface area contributed by atoms with E-state index >= 15 is 0 Å². The van der Waals surface area contributed by atoms with E-state index in [0.717, 1.165) is 11.1 Å². The van der Waals surface area contributed by atoms with Gasteiger partial charge < -0.3 is 19.1 Å². The summed E-state index contributed by atoms with van der Waals surface area (Å²) in [5.41, 5.74) is 2.38. The van der Waals surface area contributed by atoms with Crippen molar-refractivity contribution in [2.75, 3.05) is 14.2 Å². The van der Waals surface area contributed by atoms with Crippen LogP contribution in [-0.4, -0.2) is 30.5 Å². The van der Waals surface area contributed by atoms with Gasteiger partial charge in [-0.2, -0.15) is 0 Å². The molecule has 6 heteroatoms. The van der Waals surface area contributed by atoms with Crippen molar-refractivity contribution in [3.63, 3.8) is 0 Å². The first kappa shape index (κ1) is 13.9. The Morgan fingerprint density at radius 1 is 1.20 bits per heavy atom. The van der Waals surface area contributed by atoms with Gasteiger partial charge in [-0.15, -0.1) is 0 Å². The van der Waals surface area contributed by atoms with Gasteiger partial charge in [0.25, 0.3) is 0 Å². The summed E-state index contributed by atoms with van der Waals surface area (Å²) in [7, 11) is 3.07. The highest BCUT2D eigenvalue weighted by Crippen LogP contribution is 2.42. The molecule has 0 fully saturated rings. The second kappa shape index (κ2) is 5.24. The van der Waals surface area contributed by atoms with E-state index in [1.54, 1.807) is 7.11 Å². The van der Waals surface area contributed by atoms with Crippen molar-refractivity contribution in [1.29, 1.82) is 0 Å². The maximum absolute atomic E-state index is 10.9. The maximum atomic E-state index is 10.9. The first-order valence-corrected chi connectivity index (χ1v) is 5.92. The number of hydrogen-bond donors (Lipinski definition) is 1. The average Bonchev–Trinajstić information content (AvgIpc) is 2.90. The zero-order chi connectivity index (χ0) is 14.9. The van der Waals surface area contributed by atoms with Crippen LogP contribution in [0.5, 0.6) is 11.5 Å². The summed E-state index contributed by atoms with van der Waals surface area (Å²) in [6.45, 7) is 3.85. The van der Waals surface area contributed by atoms with Gasteiger partial charge in [-0.3, -0.25) is 0 Å². The highest BCUT2D eigenvalue weighted by molar-refractivity contribution is 5.87. The molecule has 2 rings (SSSR count). The standard InChI is InChI=1S/C14H15NO5/c1-7-5-9(11-6-10(14(16)17)15-20-11)13(19-4)12(18-3)8(7)2/h5-6H,1-4H3,(H,16,17). The molecule has 0 aliphatic heterocycles. The first-order valence-electron chi connectivity index (χ1n) is 5.92. The molecule has 0 unspecified atom stereocenters. The lowest BCUT2D eigenvalue weighted by Gasteiger charge is -2.15. The number of aromatic carboxylic acids is 1. The highest BCUT2D eigenvalue weighted by atomic mass is 16.5. The molecule has 0 bridgehead atoms. The fraction of sp³-hybridized carbons (Fsp3) is 0.286. The minimum Gasteiger partial charge on any atom is -0.493 e. The highest BCUT2D eigenvalue weighted by Gasteiger charge is 2.21. The molecule has 0 saturated heterocycles. The second-order valence-electron chi connectivity index (χ2n) is 4.31. The number of carbonyl (C=O) groups is 1. The van der Waals surface area contributed by atoms with Crippen LogP contribution in [-0.2, 0) is 0 Å². The molecule has 1 N–H and O–H groups in total. The van der Waals surface area contributed by atoms with Crippen molar-refractivity contribution in [3.05, 3.63) is 29.0 Å². The number of carboxylic acids is 1. The molecule has 1 aromatic carbocycles. The molecule has 1 aromatic heterocycles. The van der Waals surface area contributed by atoms with Crippen LogP contribution in [0, 0.1) is 13.8 Å².